The summed E-state index contributed by atoms with van der Waals surface area (Å²) in [7, 11) is 1.22. The van der Waals surface area contributed by atoms with Crippen LogP contribution in [0.1, 0.15) is 43.4 Å². The quantitative estimate of drug-likeness (QED) is 0.585. The molecule has 0 radical (unpaired) electrons. The van der Waals surface area contributed by atoms with Gasteiger partial charge in [-0.3, -0.25) is 9.69 Å². The van der Waals surface area contributed by atoms with Crippen molar-refractivity contribution in [1.29, 1.82) is 0 Å². The number of hydrogen-bond acceptors (Lipinski definition) is 8. The molecule has 37 heavy (non-hydrogen) atoms. The molecule has 5 rings (SSSR count). The Kier molecular flexibility index (Phi) is 7.14. The van der Waals surface area contributed by atoms with Gasteiger partial charge in [0.25, 0.3) is 0 Å². The fraction of sp³-hybridized carbons (Fsp3) is 0.680. The molecule has 0 spiro atoms. The van der Waals surface area contributed by atoms with Gasteiger partial charge in [0.1, 0.15) is 12.1 Å². The van der Waals surface area contributed by atoms with Crippen LogP contribution in [0, 0.1) is 5.92 Å². The Balaban J connectivity index is 1.32. The number of nitrogens with one attached hydrogen (secondary N) is 1. The molecule has 2 fully saturated rings. The number of alkyl halides is 3. The number of likely N-dealkylation sites (tertiary alicyclic amines) is 1. The number of dihydropyridines is 1. The van der Waals surface area contributed by atoms with Gasteiger partial charge in [0, 0.05) is 50.1 Å². The molecule has 1 saturated heterocycles. The highest BCUT2D eigenvalue weighted by Gasteiger charge is 2.62. The van der Waals surface area contributed by atoms with Crippen LogP contribution in [0.5, 0.6) is 0 Å². The first-order chi connectivity index (χ1) is 17.7. The van der Waals surface area contributed by atoms with Gasteiger partial charge in [0.05, 0.1) is 25.5 Å². The van der Waals surface area contributed by atoms with E-state index in [0.717, 1.165) is 12.5 Å². The number of aliphatic hydroxyl groups excluding tert-OH is 1. The number of anilines is 1. The summed E-state index contributed by atoms with van der Waals surface area (Å²) >= 11 is 0. The number of aromatic nitrogens is 2. The number of methoxy groups -OCH3 is 1. The minimum absolute atomic E-state index is 0.0233. The van der Waals surface area contributed by atoms with Gasteiger partial charge in [-0.15, -0.1) is 0 Å². The largest absolute Gasteiger partial charge is 0.482 e. The van der Waals surface area contributed by atoms with E-state index in [2.05, 4.69) is 20.3 Å². The summed E-state index contributed by atoms with van der Waals surface area (Å²) in [6.07, 6.45) is 2.81. The second-order valence-corrected chi connectivity index (χ2v) is 10.3. The number of aliphatic hydroxyl groups is 1. The molecule has 1 aliphatic carbocycles. The maximum Gasteiger partial charge on any atom is 0.419 e. The molecule has 9 nitrogen and oxygen atoms in total. The zero-order valence-corrected chi connectivity index (χ0v) is 20.9. The molecule has 1 aromatic rings. The van der Waals surface area contributed by atoms with Crippen LogP contribution in [0.4, 0.5) is 19.0 Å². The standard InChI is InChI=1S/C25H33F3N6O3/c1-37-23-24(25(26,27)28,9-2-10-29-23)34-12-8-20-19(14-34)21(31-15-30-20)32-17-7-11-33(13-17)22(36)16-3-5-18(35)6-4-16/h2,9,15-18,35H,3-8,10-14H2,1H3,(H,30,31,32)/t16?,17-,18?,24?/m0/s1. The average molecular weight is 523 g/mol. The Bertz CT molecular complexity index is 1070. The van der Waals surface area contributed by atoms with Gasteiger partial charge in [-0.1, -0.05) is 6.08 Å². The highest BCUT2D eigenvalue weighted by Crippen LogP contribution is 2.42. The van der Waals surface area contributed by atoms with E-state index in [1.165, 1.54) is 24.4 Å². The summed E-state index contributed by atoms with van der Waals surface area (Å²) in [5.74, 6) is 0.205. The van der Waals surface area contributed by atoms with Crippen LogP contribution in [0.3, 0.4) is 0 Å². The van der Waals surface area contributed by atoms with Gasteiger partial charge in [0.15, 0.2) is 0 Å². The lowest BCUT2D eigenvalue weighted by atomic mass is 9.86. The Morgan fingerprint density at radius 3 is 2.70 bits per heavy atom. The van der Waals surface area contributed by atoms with Crippen molar-refractivity contribution in [3.63, 3.8) is 0 Å². The van der Waals surface area contributed by atoms with Crippen LogP contribution >= 0.6 is 0 Å². The number of aliphatic imine (C=N–C) groups is 1. The summed E-state index contributed by atoms with van der Waals surface area (Å²) in [4.78, 5) is 28.9. The molecule has 4 heterocycles. The molecular formula is C25H33F3N6O3. The summed E-state index contributed by atoms with van der Waals surface area (Å²) in [5, 5.41) is 13.1. The number of halogens is 3. The highest BCUT2D eigenvalue weighted by molar-refractivity contribution is 5.90. The van der Waals surface area contributed by atoms with Crippen molar-refractivity contribution < 1.29 is 27.8 Å². The number of rotatable bonds is 4. The SMILES string of the molecule is COC1=NCC=CC1(N1CCc2ncnc(N[C@H]3CCN(C(=O)C4CCC(O)CC4)C3)c2C1)C(F)(F)F. The monoisotopic (exact) mass is 522 g/mol. The Labute approximate surface area is 213 Å². The van der Waals surface area contributed by atoms with E-state index in [1.54, 1.807) is 0 Å². The topological polar surface area (TPSA) is 103 Å². The number of nitrogens with zero attached hydrogens (tertiary/aromatic N) is 5. The molecule has 1 amide bonds. The zero-order valence-electron chi connectivity index (χ0n) is 20.9. The number of ether oxygens (including phenoxy) is 1. The lowest BCUT2D eigenvalue weighted by Gasteiger charge is -2.45. The van der Waals surface area contributed by atoms with Crippen LogP contribution < -0.4 is 5.32 Å². The third-order valence-electron chi connectivity index (χ3n) is 8.04. The molecule has 0 bridgehead atoms. The van der Waals surface area contributed by atoms with E-state index >= 15 is 0 Å². The zero-order chi connectivity index (χ0) is 26.2. The number of amides is 1. The van der Waals surface area contributed by atoms with Crippen LogP contribution in [0.2, 0.25) is 0 Å². The lowest BCUT2D eigenvalue weighted by Crippen LogP contribution is -2.64. The number of carbonyl (C=O) groups excluding carboxylic acids is 1. The molecule has 12 heteroatoms. The van der Waals surface area contributed by atoms with Crippen LogP contribution in [0.15, 0.2) is 23.5 Å². The first-order valence-corrected chi connectivity index (χ1v) is 12.9. The number of carbonyl (C=O) groups is 1. The van der Waals surface area contributed by atoms with Gasteiger partial charge in [-0.2, -0.15) is 13.2 Å². The van der Waals surface area contributed by atoms with E-state index in [1.807, 2.05) is 4.90 Å². The molecule has 3 aliphatic heterocycles. The molecule has 0 aromatic carbocycles. The summed E-state index contributed by atoms with van der Waals surface area (Å²) in [6, 6.07) is -0.0604. The van der Waals surface area contributed by atoms with Crippen molar-refractivity contribution in [2.75, 3.05) is 38.6 Å². The highest BCUT2D eigenvalue weighted by atomic mass is 19.4. The Morgan fingerprint density at radius 2 is 1.97 bits per heavy atom. The van der Waals surface area contributed by atoms with E-state index < -0.39 is 11.7 Å². The van der Waals surface area contributed by atoms with Crippen LogP contribution in [0.25, 0.3) is 0 Å². The van der Waals surface area contributed by atoms with Crippen molar-refractivity contribution in [2.45, 2.75) is 68.9 Å². The average Bonchev–Trinajstić information content (AvgIpc) is 3.36. The third-order valence-corrected chi connectivity index (χ3v) is 8.04. The second-order valence-electron chi connectivity index (χ2n) is 10.3. The Hall–Kier alpha value is -2.73. The maximum atomic E-state index is 14.6. The fourth-order valence-corrected chi connectivity index (χ4v) is 6.03. The predicted octanol–water partition coefficient (Wildman–Crippen LogP) is 2.31. The lowest BCUT2D eigenvalue weighted by molar-refractivity contribution is -0.198. The fourth-order valence-electron chi connectivity index (χ4n) is 6.03. The third kappa shape index (κ3) is 4.81. The van der Waals surface area contributed by atoms with Gasteiger partial charge < -0.3 is 20.1 Å². The molecule has 2 atom stereocenters. The maximum absolute atomic E-state index is 14.6. The van der Waals surface area contributed by atoms with Crippen molar-refractivity contribution in [2.24, 2.45) is 10.9 Å². The smallest absolute Gasteiger partial charge is 0.419 e. The molecule has 1 saturated carbocycles. The van der Waals surface area contributed by atoms with Crippen molar-refractivity contribution in [3.8, 4) is 0 Å². The molecule has 202 valence electrons. The minimum atomic E-state index is -4.64. The summed E-state index contributed by atoms with van der Waals surface area (Å²) in [5.41, 5.74) is -1.11. The van der Waals surface area contributed by atoms with Gasteiger partial charge >= 0.3 is 6.18 Å². The molecule has 1 unspecified atom stereocenters. The van der Waals surface area contributed by atoms with Gasteiger partial charge in [-0.25, -0.2) is 15.0 Å². The first-order valence-electron chi connectivity index (χ1n) is 12.9. The number of fused-ring (bicyclic) bond motifs is 1. The van der Waals surface area contributed by atoms with Crippen molar-refractivity contribution >= 4 is 17.6 Å². The van der Waals surface area contributed by atoms with Crippen molar-refractivity contribution in [1.82, 2.24) is 19.8 Å². The van der Waals surface area contributed by atoms with E-state index in [-0.39, 0.29) is 49.5 Å². The van der Waals surface area contributed by atoms with E-state index in [0.29, 0.717) is 62.3 Å². The van der Waals surface area contributed by atoms with E-state index in [9.17, 15) is 23.1 Å². The molecule has 2 N–H and O–H groups in total. The molecule has 1 aromatic heterocycles. The first kappa shape index (κ1) is 25.9. The van der Waals surface area contributed by atoms with Crippen LogP contribution in [-0.4, -0.2) is 93.8 Å². The van der Waals surface area contributed by atoms with E-state index in [4.69, 9.17) is 4.74 Å². The van der Waals surface area contributed by atoms with Crippen LogP contribution in [-0.2, 0) is 22.5 Å². The normalized spacial score (nSPS) is 30.6. The molecule has 4 aliphatic rings. The predicted molar refractivity (Wildman–Crippen MR) is 130 cm³/mol. The second kappa shape index (κ2) is 10.2. The minimum Gasteiger partial charge on any atom is -0.482 e. The van der Waals surface area contributed by atoms with Gasteiger partial charge in [-0.05, 0) is 38.2 Å². The summed E-state index contributed by atoms with van der Waals surface area (Å²) < 4.78 is 48.8. The Morgan fingerprint density at radius 1 is 1.19 bits per heavy atom. The molecular weight excluding hydrogens is 489 g/mol. The summed E-state index contributed by atoms with van der Waals surface area (Å²) in [6.45, 7) is 1.38. The number of hydrogen-bond donors (Lipinski definition) is 2. The van der Waals surface area contributed by atoms with Crippen molar-refractivity contribution in [3.05, 3.63) is 29.7 Å². The van der Waals surface area contributed by atoms with Gasteiger partial charge in [0.2, 0.25) is 17.3 Å².